The average molecular weight is 700 g/mol. The third-order valence-electron chi connectivity index (χ3n) is 11.1. The number of carbonyl (C=O) groups excluding carboxylic acids is 1. The second-order valence-electron chi connectivity index (χ2n) is 14.6. The second-order valence-corrected chi connectivity index (χ2v) is 14.6. The molecule has 5 aromatic rings. The van der Waals surface area contributed by atoms with Crippen LogP contribution in [0.1, 0.15) is 89.0 Å². The van der Waals surface area contributed by atoms with Crippen molar-refractivity contribution in [2.45, 2.75) is 112 Å². The van der Waals surface area contributed by atoms with E-state index in [1.165, 1.54) is 51.4 Å². The fourth-order valence-corrected chi connectivity index (χ4v) is 8.22. The Morgan fingerprint density at radius 3 is 1.98 bits per heavy atom. The molecule has 1 aliphatic carbocycles. The summed E-state index contributed by atoms with van der Waals surface area (Å²) in [7, 11) is 0. The van der Waals surface area contributed by atoms with Crippen molar-refractivity contribution >= 4 is 39.2 Å². The Morgan fingerprint density at radius 2 is 1.31 bits per heavy atom. The van der Waals surface area contributed by atoms with Gasteiger partial charge in [0.25, 0.3) is 0 Å². The number of rotatable bonds is 17. The molecular formula is C44H55N6O2+3. The van der Waals surface area contributed by atoms with Gasteiger partial charge in [0.1, 0.15) is 43.6 Å². The number of unbranched alkanes of at least 4 members (excludes halogenated alkanes) is 6. The number of aliphatic hydroxyl groups excluding tert-OH is 1. The molecule has 1 aliphatic heterocycles. The number of aryl methyl sites for hydroxylation is 4. The molecule has 270 valence electrons. The minimum absolute atomic E-state index is 0.0847. The van der Waals surface area contributed by atoms with Crippen molar-refractivity contribution in [2.75, 3.05) is 6.54 Å². The molecule has 0 amide bonds. The van der Waals surface area contributed by atoms with E-state index in [0.717, 1.165) is 84.0 Å². The molecule has 0 spiro atoms. The highest BCUT2D eigenvalue weighted by molar-refractivity contribution is 6.47. The number of aliphatic hydroxyl groups is 1. The molecule has 52 heavy (non-hydrogen) atoms. The van der Waals surface area contributed by atoms with E-state index >= 15 is 0 Å². The number of benzene rings is 2. The third-order valence-corrected chi connectivity index (χ3v) is 11.1. The average Bonchev–Trinajstić information content (AvgIpc) is 3.93. The lowest BCUT2D eigenvalue weighted by Gasteiger charge is -2.23. The summed E-state index contributed by atoms with van der Waals surface area (Å²) in [6, 6.07) is 16.5. The van der Waals surface area contributed by atoms with E-state index < -0.39 is 0 Å². The molecule has 0 fully saturated rings. The van der Waals surface area contributed by atoms with Gasteiger partial charge in [0.2, 0.25) is 24.1 Å². The van der Waals surface area contributed by atoms with Gasteiger partial charge >= 0.3 is 0 Å². The summed E-state index contributed by atoms with van der Waals surface area (Å²) < 4.78 is 13.6. The molecule has 0 unspecified atom stereocenters. The number of aromatic nitrogens is 5. The standard InChI is InChI=1S/C44H54N6O2/c1-5-7-9-15-21-45-23-25-47(31-45)27-29-49-33(3)39(35-17-11-13-19-37(35)49)41-43(51)42(44(41)52)40-34(4)50(38-20-14-12-18-36(38)40)30-28-48-26-24-46(32-48)22-16-10-8-6-2/h11-14,17-20,23-26,31-32H,5-10,15-16,21-22,27-30H2,1-4H3/q+2/p+1. The predicted molar refractivity (Wildman–Crippen MR) is 208 cm³/mol. The smallest absolute Gasteiger partial charge is 0.243 e. The summed E-state index contributed by atoms with van der Waals surface area (Å²) in [6.45, 7) is 13.9. The van der Waals surface area contributed by atoms with Crippen LogP contribution in [0.15, 0.2) is 97.3 Å². The van der Waals surface area contributed by atoms with Crippen LogP contribution in [0.2, 0.25) is 0 Å². The van der Waals surface area contributed by atoms with Gasteiger partial charge in [-0.1, -0.05) is 69.9 Å². The third kappa shape index (κ3) is 6.83. The maximum Gasteiger partial charge on any atom is 0.243 e. The Labute approximate surface area is 308 Å². The van der Waals surface area contributed by atoms with E-state index in [-0.39, 0.29) is 11.5 Å². The minimum Gasteiger partial charge on any atom is -0.506 e. The Balaban J connectivity index is 1.15. The molecule has 1 N–H and O–H groups in total. The van der Waals surface area contributed by atoms with E-state index in [1.54, 1.807) is 0 Å². The Hall–Kier alpha value is -4.98. The summed E-state index contributed by atoms with van der Waals surface area (Å²) >= 11 is 0. The summed E-state index contributed by atoms with van der Waals surface area (Å²) in [5.41, 5.74) is 7.72. The van der Waals surface area contributed by atoms with Crippen LogP contribution < -0.4 is 9.13 Å². The van der Waals surface area contributed by atoms with Crippen LogP contribution in [-0.4, -0.2) is 41.4 Å². The van der Waals surface area contributed by atoms with Crippen LogP contribution in [-0.2, 0) is 37.5 Å². The van der Waals surface area contributed by atoms with Gasteiger partial charge < -0.3 is 9.67 Å². The van der Waals surface area contributed by atoms with Gasteiger partial charge in [-0.2, -0.15) is 4.58 Å². The number of hydrogen-bond donors (Lipinski definition) is 1. The topological polar surface area (TPSA) is 62.9 Å². The van der Waals surface area contributed by atoms with E-state index in [2.05, 4.69) is 129 Å². The monoisotopic (exact) mass is 699 g/mol. The molecule has 8 heteroatoms. The Bertz CT molecular complexity index is 2190. The highest BCUT2D eigenvalue weighted by Crippen LogP contribution is 2.47. The first kappa shape index (κ1) is 35.4. The van der Waals surface area contributed by atoms with E-state index in [9.17, 15) is 9.90 Å². The van der Waals surface area contributed by atoms with Gasteiger partial charge in [-0.15, -0.1) is 0 Å². The molecule has 8 nitrogen and oxygen atoms in total. The summed E-state index contributed by atoms with van der Waals surface area (Å²) in [5.74, 6) is 0.0182. The first-order chi connectivity index (χ1) is 25.4. The summed E-state index contributed by atoms with van der Waals surface area (Å²) in [6.07, 6.45) is 23.0. The van der Waals surface area contributed by atoms with Gasteiger partial charge in [0.15, 0.2) is 12.3 Å². The molecule has 0 atom stereocenters. The largest absolute Gasteiger partial charge is 0.506 e. The highest BCUT2D eigenvalue weighted by Gasteiger charge is 2.45. The van der Waals surface area contributed by atoms with Crippen molar-refractivity contribution in [3.05, 3.63) is 114 Å². The van der Waals surface area contributed by atoms with Crippen molar-refractivity contribution in [1.82, 2.24) is 13.7 Å². The van der Waals surface area contributed by atoms with E-state index in [0.29, 0.717) is 11.1 Å². The van der Waals surface area contributed by atoms with Gasteiger partial charge in [0, 0.05) is 35.2 Å². The molecule has 7 rings (SSSR count). The van der Waals surface area contributed by atoms with Crippen LogP contribution in [0.5, 0.6) is 0 Å². The number of para-hydroxylation sites is 2. The highest BCUT2D eigenvalue weighted by atomic mass is 16.3. The quantitative estimate of drug-likeness (QED) is 0.0606. The maximum absolute atomic E-state index is 14.3. The molecular weight excluding hydrogens is 645 g/mol. The number of nitrogens with zero attached hydrogens (tertiary/aromatic N) is 6. The minimum atomic E-state index is -0.0847. The lowest BCUT2D eigenvalue weighted by molar-refractivity contribution is -0.697. The summed E-state index contributed by atoms with van der Waals surface area (Å²) in [5, 5.41) is 12.9. The Kier molecular flexibility index (Phi) is 10.7. The van der Waals surface area contributed by atoms with Crippen LogP contribution >= 0.6 is 0 Å². The predicted octanol–water partition coefficient (Wildman–Crippen LogP) is 8.11. The van der Waals surface area contributed by atoms with Crippen LogP contribution in [0.25, 0.3) is 22.0 Å². The number of allylic oxidation sites excluding steroid dienone is 3. The molecule has 3 aromatic heterocycles. The number of Topliss-reactive ketones (excluding diaryl/α,β-unsaturated/α-hetero) is 1. The van der Waals surface area contributed by atoms with Crippen LogP contribution in [0.3, 0.4) is 0 Å². The number of carbonyl (C=O) groups is 1. The molecule has 0 radical (unpaired) electrons. The number of ketones is 1. The van der Waals surface area contributed by atoms with Crippen LogP contribution in [0.4, 0.5) is 5.69 Å². The van der Waals surface area contributed by atoms with Crippen molar-refractivity contribution in [3.8, 4) is 0 Å². The molecule has 0 saturated carbocycles. The number of imidazole rings is 2. The zero-order valence-corrected chi connectivity index (χ0v) is 31.5. The normalized spacial score (nSPS) is 15.7. The lowest BCUT2D eigenvalue weighted by Crippen LogP contribution is -2.31. The maximum atomic E-state index is 14.3. The van der Waals surface area contributed by atoms with E-state index in [1.807, 2.05) is 12.1 Å². The first-order valence-electron chi connectivity index (χ1n) is 19.5. The van der Waals surface area contributed by atoms with Gasteiger partial charge in [-0.3, -0.25) is 4.79 Å². The Morgan fingerprint density at radius 1 is 0.673 bits per heavy atom. The van der Waals surface area contributed by atoms with Gasteiger partial charge in [-0.05, 0) is 44.7 Å². The van der Waals surface area contributed by atoms with Crippen molar-refractivity contribution in [3.63, 3.8) is 0 Å². The molecule has 0 bridgehead atoms. The zero-order valence-electron chi connectivity index (χ0n) is 31.5. The zero-order chi connectivity index (χ0) is 36.2. The fourth-order valence-electron chi connectivity index (χ4n) is 8.22. The molecule has 2 aromatic carbocycles. The SMILES string of the molecule is CCCCCC[n+]1ccn(CCn2c(C)c(C3=C(O)C(=C4C(C)=[N+](CCn5cc[n+](CCCCCC)c5)c5ccccc54)C3=O)c3ccccc32)c1. The number of fused-ring (bicyclic) bond motifs is 2. The summed E-state index contributed by atoms with van der Waals surface area (Å²) in [4.78, 5) is 14.3. The number of hydrogen-bond acceptors (Lipinski definition) is 2. The van der Waals surface area contributed by atoms with Crippen molar-refractivity contribution in [2.24, 2.45) is 0 Å². The van der Waals surface area contributed by atoms with Crippen LogP contribution in [0, 0.1) is 6.92 Å². The molecule has 4 heterocycles. The first-order valence-corrected chi connectivity index (χ1v) is 19.5. The molecule has 0 saturated heterocycles. The van der Waals surface area contributed by atoms with E-state index in [4.69, 9.17) is 0 Å². The van der Waals surface area contributed by atoms with Gasteiger partial charge in [0.05, 0.1) is 41.9 Å². The lowest BCUT2D eigenvalue weighted by atomic mass is 9.78. The fraction of sp³-hybridized carbons (Fsp3) is 0.409. The second kappa shape index (κ2) is 15.7. The van der Waals surface area contributed by atoms with Gasteiger partial charge in [-0.25, -0.2) is 18.3 Å². The van der Waals surface area contributed by atoms with Crippen molar-refractivity contribution in [1.29, 1.82) is 0 Å². The molecule has 2 aliphatic rings. The van der Waals surface area contributed by atoms with Crippen molar-refractivity contribution < 1.29 is 23.6 Å².